The molecule has 0 spiro atoms. The van der Waals surface area contributed by atoms with Gasteiger partial charge >= 0.3 is 6.01 Å². The number of pyridine rings is 1. The molecule has 4 atom stereocenters. The van der Waals surface area contributed by atoms with Crippen LogP contribution < -0.4 is 9.64 Å². The maximum absolute atomic E-state index is 16.2. The Kier molecular flexibility index (Phi) is 13.6. The van der Waals surface area contributed by atoms with Crippen LogP contribution in [0.2, 0.25) is 5.02 Å². The van der Waals surface area contributed by atoms with Crippen molar-refractivity contribution in [2.24, 2.45) is 0 Å². The number of methoxy groups -OCH3 is 1. The fraction of sp³-hybridized carbons (Fsp3) is 0.488. The third kappa shape index (κ3) is 9.35. The molecule has 15 heteroatoms. The second kappa shape index (κ2) is 18.6. The highest BCUT2D eigenvalue weighted by atomic mass is 35.5. The second-order valence-corrected chi connectivity index (χ2v) is 14.9. The van der Waals surface area contributed by atoms with E-state index in [1.807, 2.05) is 11.0 Å². The number of ether oxygens (including phenoxy) is 2. The van der Waals surface area contributed by atoms with Crippen LogP contribution in [0.25, 0.3) is 32.9 Å². The number of alkyl halides is 1. The number of hydrogen-bond acceptors (Lipinski definition) is 10. The molecule has 2 aromatic heterocycles. The van der Waals surface area contributed by atoms with Crippen molar-refractivity contribution in [3.8, 4) is 23.3 Å². The maximum atomic E-state index is 16.2. The van der Waals surface area contributed by atoms with Crippen LogP contribution in [-0.2, 0) is 9.53 Å². The Morgan fingerprint density at radius 2 is 1.80 bits per heavy atom. The summed E-state index contributed by atoms with van der Waals surface area (Å²) in [6.45, 7) is 11.7. The van der Waals surface area contributed by atoms with Gasteiger partial charge in [0.15, 0.2) is 5.82 Å². The third-order valence-electron chi connectivity index (χ3n) is 10.5. The first-order chi connectivity index (χ1) is 27.0. The first kappa shape index (κ1) is 41.1. The number of halogens is 4. The van der Waals surface area contributed by atoms with Gasteiger partial charge in [-0.1, -0.05) is 41.9 Å². The first-order valence-electron chi connectivity index (χ1n) is 19.1. The zero-order valence-electron chi connectivity index (χ0n) is 32.2. The number of morpholine rings is 1. The molecular formula is C41H48ClF3N8O3. The lowest BCUT2D eigenvalue weighted by molar-refractivity contribution is -0.126. The molecule has 56 heavy (non-hydrogen) atoms. The van der Waals surface area contributed by atoms with Gasteiger partial charge in [-0.25, -0.2) is 13.2 Å². The predicted octanol–water partition coefficient (Wildman–Crippen LogP) is 6.82. The molecule has 11 nitrogen and oxygen atoms in total. The smallest absolute Gasteiger partial charge is 0.318 e. The average Bonchev–Trinajstić information content (AvgIpc) is 3.77. The number of rotatable bonds is 6. The van der Waals surface area contributed by atoms with E-state index in [0.29, 0.717) is 72.9 Å². The molecule has 4 fully saturated rings. The Morgan fingerprint density at radius 1 is 1.07 bits per heavy atom. The van der Waals surface area contributed by atoms with Gasteiger partial charge in [0.2, 0.25) is 5.91 Å². The van der Waals surface area contributed by atoms with Gasteiger partial charge in [0, 0.05) is 88.5 Å². The van der Waals surface area contributed by atoms with E-state index in [1.165, 1.54) is 39.1 Å². The topological polar surface area (TPSA) is 111 Å². The summed E-state index contributed by atoms with van der Waals surface area (Å²) >= 11 is 6.32. The minimum Gasteiger partial charge on any atom is -0.467 e. The summed E-state index contributed by atoms with van der Waals surface area (Å²) in [6.07, 6.45) is 8.21. The molecule has 0 N–H and O–H groups in total. The number of benzene rings is 2. The van der Waals surface area contributed by atoms with E-state index < -0.39 is 17.8 Å². The molecule has 6 heterocycles. The number of aromatic nitrogens is 3. The largest absolute Gasteiger partial charge is 0.467 e. The zero-order valence-corrected chi connectivity index (χ0v) is 33.0. The van der Waals surface area contributed by atoms with E-state index in [4.69, 9.17) is 26.3 Å². The Labute approximate surface area is 330 Å². The molecule has 4 saturated heterocycles. The number of carbonyl (C=O) groups excluding carboxylic acids is 1. The van der Waals surface area contributed by atoms with Gasteiger partial charge in [-0.05, 0) is 51.1 Å². The summed E-state index contributed by atoms with van der Waals surface area (Å²) in [7, 11) is 1.42. The number of carbonyl (C=O) groups is 1. The van der Waals surface area contributed by atoms with Crippen LogP contribution in [0.1, 0.15) is 40.0 Å². The van der Waals surface area contributed by atoms with Crippen LogP contribution in [0, 0.1) is 23.0 Å². The number of hydrogen-bond donors (Lipinski definition) is 0. The zero-order chi connectivity index (χ0) is 39.9. The number of nitrogens with zero attached hydrogens (tertiary/aromatic N) is 8. The summed E-state index contributed by atoms with van der Waals surface area (Å²) in [6, 6.07) is 10.4. The van der Waals surface area contributed by atoms with Gasteiger partial charge in [0.25, 0.3) is 0 Å². The number of fused-ring (bicyclic) bond motifs is 3. The molecule has 4 unspecified atom stereocenters. The number of nitriles is 1. The Hall–Kier alpha value is -4.55. The Morgan fingerprint density at radius 3 is 2.50 bits per heavy atom. The quantitative estimate of drug-likeness (QED) is 0.193. The van der Waals surface area contributed by atoms with Crippen molar-refractivity contribution in [1.82, 2.24) is 29.7 Å². The highest BCUT2D eigenvalue weighted by molar-refractivity contribution is 6.36. The molecule has 1 amide bonds. The molecule has 4 aromatic rings. The molecule has 4 aliphatic heterocycles. The minimum absolute atomic E-state index is 0.00117. The van der Waals surface area contributed by atoms with Gasteiger partial charge in [-0.15, -0.1) is 0 Å². The van der Waals surface area contributed by atoms with Crippen LogP contribution in [0.3, 0.4) is 0 Å². The van der Waals surface area contributed by atoms with Crippen LogP contribution in [0.4, 0.5) is 19.0 Å². The summed E-state index contributed by atoms with van der Waals surface area (Å²) in [5.74, 6) is -0.884. The fourth-order valence-electron chi connectivity index (χ4n) is 8.06. The molecule has 0 aliphatic carbocycles. The molecule has 0 saturated carbocycles. The van der Waals surface area contributed by atoms with Gasteiger partial charge < -0.3 is 19.3 Å². The fourth-order valence-corrected chi connectivity index (χ4v) is 8.33. The van der Waals surface area contributed by atoms with Crippen molar-refractivity contribution in [1.29, 1.82) is 5.26 Å². The van der Waals surface area contributed by atoms with Crippen molar-refractivity contribution in [3.63, 3.8) is 0 Å². The molecular weight excluding hydrogens is 745 g/mol. The monoisotopic (exact) mass is 792 g/mol. The van der Waals surface area contributed by atoms with Crippen molar-refractivity contribution in [3.05, 3.63) is 65.3 Å². The number of piperazine rings is 1. The minimum atomic E-state index is -0.694. The lowest BCUT2D eigenvalue weighted by atomic mass is 10.0. The van der Waals surface area contributed by atoms with Crippen LogP contribution in [-0.4, -0.2) is 126 Å². The summed E-state index contributed by atoms with van der Waals surface area (Å²) in [5.41, 5.74) is 0.364. The van der Waals surface area contributed by atoms with Crippen LogP contribution in [0.5, 0.6) is 6.01 Å². The van der Waals surface area contributed by atoms with E-state index in [9.17, 15) is 13.6 Å². The van der Waals surface area contributed by atoms with Crippen molar-refractivity contribution in [2.45, 2.75) is 64.5 Å². The molecule has 0 bridgehead atoms. The molecule has 0 radical (unpaired) electrons. The van der Waals surface area contributed by atoms with E-state index in [0.717, 1.165) is 26.1 Å². The molecule has 8 rings (SSSR count). The highest BCUT2D eigenvalue weighted by Gasteiger charge is 2.35. The van der Waals surface area contributed by atoms with Crippen molar-refractivity contribution >= 4 is 45.0 Å². The van der Waals surface area contributed by atoms with E-state index >= 15 is 4.39 Å². The van der Waals surface area contributed by atoms with Crippen LogP contribution in [0.15, 0.2) is 48.7 Å². The van der Waals surface area contributed by atoms with E-state index in [-0.39, 0.29) is 40.4 Å². The Balaban J connectivity index is 0.000000378. The van der Waals surface area contributed by atoms with Crippen molar-refractivity contribution in [2.75, 3.05) is 70.9 Å². The number of anilines is 1. The van der Waals surface area contributed by atoms with Crippen LogP contribution >= 0.6 is 11.6 Å². The third-order valence-corrected chi connectivity index (χ3v) is 10.9. The molecule has 2 aromatic carbocycles. The van der Waals surface area contributed by atoms with E-state index in [1.54, 1.807) is 41.3 Å². The molecule has 298 valence electrons. The van der Waals surface area contributed by atoms with Gasteiger partial charge in [-0.2, -0.15) is 15.2 Å². The normalized spacial score (nSPS) is 22.7. The standard InChI is InChI=1S/C32H33ClF2N6O3.C7H12FN.C2H3N/c1-19-17-39(18-20(2)44-19)11-5-8-25(42)40-12-14-41(15-13-40)31-23-16-36-29(28(35)30(23)37-32(38-31)43-3)22-7-4-6-21-9-10-24(34)27(33)26(21)22;8-6-4-7-2-1-3-9(7)5-6;1-2-3/h4-10,16,19-20H,11-15,17-18H2,1-3H3;6-7H,1-5H2;1H3/b8-5+;;. The Bertz CT molecular complexity index is 2070. The maximum Gasteiger partial charge on any atom is 0.318 e. The van der Waals surface area contributed by atoms with E-state index in [2.05, 4.69) is 38.6 Å². The average molecular weight is 793 g/mol. The second-order valence-electron chi connectivity index (χ2n) is 14.5. The van der Waals surface area contributed by atoms with Crippen molar-refractivity contribution < 1.29 is 27.4 Å². The first-order valence-corrected chi connectivity index (χ1v) is 19.4. The van der Waals surface area contributed by atoms with Gasteiger partial charge in [0.1, 0.15) is 29.0 Å². The predicted molar refractivity (Wildman–Crippen MR) is 212 cm³/mol. The summed E-state index contributed by atoms with van der Waals surface area (Å²) < 4.78 is 54.3. The lowest BCUT2D eigenvalue weighted by Crippen LogP contribution is -2.48. The van der Waals surface area contributed by atoms with Gasteiger partial charge in [0.05, 0.1) is 35.8 Å². The van der Waals surface area contributed by atoms with Gasteiger partial charge in [-0.3, -0.25) is 19.6 Å². The summed E-state index contributed by atoms with van der Waals surface area (Å²) in [5, 5.41) is 8.64. The summed E-state index contributed by atoms with van der Waals surface area (Å²) in [4.78, 5) is 34.5. The highest BCUT2D eigenvalue weighted by Crippen LogP contribution is 2.38. The molecule has 4 aliphatic rings. The number of amides is 1. The SMILES string of the molecule is CC#N.COc1nc(N2CCN(C(=O)/C=C/CN3CC(C)OC(C)C3)CC2)c2cnc(-c3cccc4ccc(F)c(Cl)c34)c(F)c2n1.FC1CC2CCCN2C1. The lowest BCUT2D eigenvalue weighted by Gasteiger charge is -2.35.